The maximum atomic E-state index is 12.9. The van der Waals surface area contributed by atoms with Gasteiger partial charge in [-0.3, -0.25) is 9.36 Å². The van der Waals surface area contributed by atoms with Gasteiger partial charge in [0.25, 0.3) is 0 Å². The fraction of sp³-hybridized carbons (Fsp3) is 0.333. The van der Waals surface area contributed by atoms with E-state index in [4.69, 9.17) is 20.3 Å². The quantitative estimate of drug-likeness (QED) is 0.395. The number of anilines is 1. The van der Waals surface area contributed by atoms with Crippen LogP contribution in [0.2, 0.25) is 0 Å². The van der Waals surface area contributed by atoms with Gasteiger partial charge >= 0.3 is 17.8 Å². The molecule has 1 saturated heterocycles. The van der Waals surface area contributed by atoms with E-state index in [1.165, 1.54) is 16.3 Å². The summed E-state index contributed by atoms with van der Waals surface area (Å²) >= 11 is 1.18. The Morgan fingerprint density at radius 2 is 1.84 bits per heavy atom. The van der Waals surface area contributed by atoms with Crippen LogP contribution in [0.15, 0.2) is 59.5 Å². The predicted molar refractivity (Wildman–Crippen MR) is 143 cm³/mol. The summed E-state index contributed by atoms with van der Waals surface area (Å²) in [6, 6.07) is 15.7. The minimum Gasteiger partial charge on any atom is -0.481 e. The number of fused-ring (bicyclic) bond motifs is 3. The smallest absolute Gasteiger partial charge is 0.407 e. The predicted octanol–water partition coefficient (Wildman–Crippen LogP) is 3.15. The van der Waals surface area contributed by atoms with Gasteiger partial charge in [-0.05, 0) is 29.2 Å². The van der Waals surface area contributed by atoms with Crippen molar-refractivity contribution in [2.75, 3.05) is 23.8 Å². The second kappa shape index (κ2) is 10.9. The summed E-state index contributed by atoms with van der Waals surface area (Å²) in [6.07, 6.45) is 0.0337. The summed E-state index contributed by atoms with van der Waals surface area (Å²) in [4.78, 5) is 40.2. The number of carboxylic acids is 1. The molecular formula is C27H28N4O6S. The van der Waals surface area contributed by atoms with Crippen molar-refractivity contribution in [3.8, 4) is 11.1 Å². The monoisotopic (exact) mass is 536 g/mol. The van der Waals surface area contributed by atoms with E-state index >= 15 is 0 Å². The number of benzene rings is 2. The SMILES string of the molecule is Cc1cn([C@H]2C[C@H](NC(=O)OCC3c4ccccc4-c4ccccc43)[C@@H](CSCC(=O)O)O2)c(=O)nc1N. The molecule has 1 aliphatic carbocycles. The number of ether oxygens (including phenoxy) is 2. The normalized spacial score (nSPS) is 20.1. The van der Waals surface area contributed by atoms with Gasteiger partial charge in [-0.25, -0.2) is 9.59 Å². The van der Waals surface area contributed by atoms with Gasteiger partial charge in [0.2, 0.25) is 0 Å². The first-order valence-corrected chi connectivity index (χ1v) is 13.4. The van der Waals surface area contributed by atoms with Gasteiger partial charge < -0.3 is 25.6 Å². The van der Waals surface area contributed by atoms with Crippen LogP contribution in [0.4, 0.5) is 10.6 Å². The lowest BCUT2D eigenvalue weighted by Crippen LogP contribution is -2.42. The van der Waals surface area contributed by atoms with Crippen LogP contribution in [0.5, 0.6) is 0 Å². The van der Waals surface area contributed by atoms with Crippen LogP contribution >= 0.6 is 11.8 Å². The molecule has 38 heavy (non-hydrogen) atoms. The molecule has 0 unspecified atom stereocenters. The lowest BCUT2D eigenvalue weighted by atomic mass is 9.98. The number of alkyl carbamates (subject to hydrolysis) is 1. The molecule has 2 aromatic carbocycles. The highest BCUT2D eigenvalue weighted by Crippen LogP contribution is 2.44. The molecule has 3 atom stereocenters. The van der Waals surface area contributed by atoms with Gasteiger partial charge in [-0.15, -0.1) is 11.8 Å². The molecule has 1 aliphatic heterocycles. The number of hydrogen-bond acceptors (Lipinski definition) is 8. The van der Waals surface area contributed by atoms with Crippen molar-refractivity contribution in [2.45, 2.75) is 37.6 Å². The molecule has 1 fully saturated rings. The molecule has 1 amide bonds. The minimum atomic E-state index is -0.944. The number of aliphatic carboxylic acids is 1. The van der Waals surface area contributed by atoms with Crippen molar-refractivity contribution in [2.24, 2.45) is 0 Å². The first-order valence-electron chi connectivity index (χ1n) is 12.2. The summed E-state index contributed by atoms with van der Waals surface area (Å²) in [5.74, 6) is -0.672. The number of carbonyl (C=O) groups excluding carboxylic acids is 1. The maximum Gasteiger partial charge on any atom is 0.407 e. The lowest BCUT2D eigenvalue weighted by molar-refractivity contribution is -0.133. The molecular weight excluding hydrogens is 508 g/mol. The number of amides is 1. The molecule has 0 saturated carbocycles. The molecule has 3 aromatic rings. The molecule has 4 N–H and O–H groups in total. The Hall–Kier alpha value is -3.83. The zero-order chi connectivity index (χ0) is 26.8. The average Bonchev–Trinajstić information content (AvgIpc) is 3.43. The molecule has 0 radical (unpaired) electrons. The lowest BCUT2D eigenvalue weighted by Gasteiger charge is -2.20. The topological polar surface area (TPSA) is 146 Å². The highest BCUT2D eigenvalue weighted by atomic mass is 32.2. The Morgan fingerprint density at radius 1 is 1.18 bits per heavy atom. The number of rotatable bonds is 8. The highest BCUT2D eigenvalue weighted by molar-refractivity contribution is 7.99. The number of aryl methyl sites for hydroxylation is 1. The van der Waals surface area contributed by atoms with Gasteiger partial charge in [0.05, 0.1) is 17.9 Å². The number of nitrogens with two attached hydrogens (primary N) is 1. The average molecular weight is 537 g/mol. The van der Waals surface area contributed by atoms with E-state index in [0.717, 1.165) is 22.3 Å². The van der Waals surface area contributed by atoms with Gasteiger partial charge in [0.1, 0.15) is 18.7 Å². The number of nitrogens with one attached hydrogen (secondary N) is 1. The van der Waals surface area contributed by atoms with Crippen LogP contribution in [0.25, 0.3) is 11.1 Å². The number of thioether (sulfide) groups is 1. The second-order valence-electron chi connectivity index (χ2n) is 9.35. The molecule has 2 aliphatic rings. The van der Waals surface area contributed by atoms with Gasteiger partial charge in [-0.1, -0.05) is 48.5 Å². The van der Waals surface area contributed by atoms with E-state index in [1.54, 1.807) is 13.1 Å². The number of carbonyl (C=O) groups is 2. The van der Waals surface area contributed by atoms with E-state index in [2.05, 4.69) is 22.4 Å². The molecule has 10 nitrogen and oxygen atoms in total. The highest BCUT2D eigenvalue weighted by Gasteiger charge is 2.38. The largest absolute Gasteiger partial charge is 0.481 e. The molecule has 0 spiro atoms. The molecule has 2 heterocycles. The first kappa shape index (κ1) is 25.8. The molecule has 0 bridgehead atoms. The standard InChI is InChI=1S/C27H28N4O6S/c1-15-11-31(26(34)30-25(15)28)23-10-21(22(37-23)13-38-14-24(32)33)29-27(35)36-12-20-18-8-4-2-6-16(18)17-7-3-5-9-19(17)20/h2-9,11,20-23H,10,12-14H2,1H3,(H,29,35)(H,32,33)(H2,28,30,34)/t21-,22+,23+/m0/s1. The van der Waals surface area contributed by atoms with E-state index in [9.17, 15) is 14.4 Å². The third kappa shape index (κ3) is 5.25. The Kier molecular flexibility index (Phi) is 7.39. The maximum absolute atomic E-state index is 12.9. The van der Waals surface area contributed by atoms with E-state index < -0.39 is 36.1 Å². The van der Waals surface area contributed by atoms with Crippen molar-refractivity contribution < 1.29 is 24.2 Å². The van der Waals surface area contributed by atoms with Crippen LogP contribution in [-0.4, -0.2) is 57.0 Å². The summed E-state index contributed by atoms with van der Waals surface area (Å²) in [5.41, 5.74) is 10.3. The molecule has 11 heteroatoms. The van der Waals surface area contributed by atoms with Crippen molar-refractivity contribution in [1.82, 2.24) is 14.9 Å². The number of carboxylic acid groups (broad SMARTS) is 1. The Balaban J connectivity index is 1.28. The minimum absolute atomic E-state index is 0.0787. The third-order valence-electron chi connectivity index (χ3n) is 6.87. The summed E-state index contributed by atoms with van der Waals surface area (Å²) in [5, 5.41) is 11.9. The Bertz CT molecular complexity index is 1380. The third-order valence-corrected chi connectivity index (χ3v) is 7.89. The number of aromatic nitrogens is 2. The van der Waals surface area contributed by atoms with Gasteiger partial charge in [0, 0.05) is 29.9 Å². The van der Waals surface area contributed by atoms with Crippen LogP contribution in [0, 0.1) is 6.92 Å². The molecule has 1 aromatic heterocycles. The van der Waals surface area contributed by atoms with Crippen molar-refractivity contribution in [3.05, 3.63) is 81.9 Å². The molecule has 5 rings (SSSR count). The zero-order valence-corrected chi connectivity index (χ0v) is 21.5. The Labute approximate surface area is 223 Å². The van der Waals surface area contributed by atoms with Crippen LogP contribution in [0.3, 0.4) is 0 Å². The summed E-state index contributed by atoms with van der Waals surface area (Å²) in [7, 11) is 0. The van der Waals surface area contributed by atoms with Crippen molar-refractivity contribution >= 4 is 29.6 Å². The number of hydrogen-bond donors (Lipinski definition) is 3. The summed E-state index contributed by atoms with van der Waals surface area (Å²) < 4.78 is 13.1. The van der Waals surface area contributed by atoms with Gasteiger partial charge in [0.15, 0.2) is 0 Å². The number of nitrogen functional groups attached to an aromatic ring is 1. The van der Waals surface area contributed by atoms with Crippen molar-refractivity contribution in [1.29, 1.82) is 0 Å². The summed E-state index contributed by atoms with van der Waals surface area (Å²) in [6.45, 7) is 1.90. The van der Waals surface area contributed by atoms with E-state index in [1.807, 2.05) is 36.4 Å². The fourth-order valence-corrected chi connectivity index (χ4v) is 5.88. The zero-order valence-electron chi connectivity index (χ0n) is 20.7. The van der Waals surface area contributed by atoms with Crippen LogP contribution in [0.1, 0.15) is 35.3 Å². The van der Waals surface area contributed by atoms with Crippen LogP contribution in [-0.2, 0) is 14.3 Å². The van der Waals surface area contributed by atoms with Crippen LogP contribution < -0.4 is 16.7 Å². The fourth-order valence-electron chi connectivity index (χ4n) is 5.05. The van der Waals surface area contributed by atoms with Gasteiger partial charge in [-0.2, -0.15) is 4.98 Å². The first-order chi connectivity index (χ1) is 18.3. The van der Waals surface area contributed by atoms with E-state index in [0.29, 0.717) is 11.3 Å². The molecule has 198 valence electrons. The van der Waals surface area contributed by atoms with E-state index in [-0.39, 0.29) is 30.5 Å². The number of nitrogens with zero attached hydrogens (tertiary/aromatic N) is 2. The van der Waals surface area contributed by atoms with Crippen molar-refractivity contribution in [3.63, 3.8) is 0 Å². The second-order valence-corrected chi connectivity index (χ2v) is 10.4. The Morgan fingerprint density at radius 3 is 2.50 bits per heavy atom.